The van der Waals surface area contributed by atoms with Gasteiger partial charge in [0.15, 0.2) is 0 Å². The molecule has 5 nitrogen and oxygen atoms in total. The van der Waals surface area contributed by atoms with Crippen molar-refractivity contribution in [1.29, 1.82) is 0 Å². The predicted molar refractivity (Wildman–Crippen MR) is 82.3 cm³/mol. The van der Waals surface area contributed by atoms with Gasteiger partial charge in [0.2, 0.25) is 0 Å². The van der Waals surface area contributed by atoms with Crippen LogP contribution < -0.4 is 5.32 Å². The monoisotopic (exact) mass is 287 g/mol. The summed E-state index contributed by atoms with van der Waals surface area (Å²) in [6, 6.07) is 9.02. The van der Waals surface area contributed by atoms with Gasteiger partial charge in [-0.3, -0.25) is 9.48 Å². The van der Waals surface area contributed by atoms with Crippen LogP contribution in [0.4, 0.5) is 5.69 Å². The second-order valence-corrected chi connectivity index (χ2v) is 5.45. The maximum Gasteiger partial charge on any atom is 0.273 e. The topological polar surface area (TPSA) is 67.2 Å². The molecule has 0 saturated carbocycles. The summed E-state index contributed by atoms with van der Waals surface area (Å²) in [5, 5.41) is 16.9. The summed E-state index contributed by atoms with van der Waals surface area (Å²) in [5.74, 6) is 0.0347. The molecular weight excluding hydrogens is 266 g/mol. The average Bonchev–Trinajstić information content (AvgIpc) is 2.81. The highest BCUT2D eigenvalue weighted by Crippen LogP contribution is 2.23. The number of para-hydroxylation sites is 1. The summed E-state index contributed by atoms with van der Waals surface area (Å²) in [4.78, 5) is 12.4. The van der Waals surface area contributed by atoms with E-state index in [1.807, 2.05) is 26.0 Å². The number of aliphatic hydroxyl groups is 1. The lowest BCUT2D eigenvalue weighted by Crippen LogP contribution is -2.17. The zero-order valence-corrected chi connectivity index (χ0v) is 12.8. The Balaban J connectivity index is 2.26. The number of nitrogens with one attached hydrogen (secondary N) is 1. The number of hydrogen-bond acceptors (Lipinski definition) is 3. The first-order chi connectivity index (χ1) is 9.90. The molecule has 1 aromatic heterocycles. The Hall–Kier alpha value is -2.14. The Morgan fingerprint density at radius 1 is 1.29 bits per heavy atom. The van der Waals surface area contributed by atoms with Crippen LogP contribution >= 0.6 is 0 Å². The molecule has 2 aromatic rings. The Bertz CT molecular complexity index is 645. The lowest BCUT2D eigenvalue weighted by molar-refractivity contribution is 0.101. The first-order valence-corrected chi connectivity index (χ1v) is 7.02. The summed E-state index contributed by atoms with van der Waals surface area (Å²) in [6.45, 7) is 5.74. The molecule has 0 saturated heterocycles. The summed E-state index contributed by atoms with van der Waals surface area (Å²) in [5.41, 5.74) is 2.69. The molecule has 21 heavy (non-hydrogen) atoms. The molecule has 0 radical (unpaired) electrons. The number of carbonyl (C=O) groups is 1. The molecule has 0 bridgehead atoms. The van der Waals surface area contributed by atoms with Crippen LogP contribution in [0.2, 0.25) is 0 Å². The highest BCUT2D eigenvalue weighted by Gasteiger charge is 2.17. The fraction of sp³-hybridized carbons (Fsp3) is 0.375. The summed E-state index contributed by atoms with van der Waals surface area (Å²) < 4.78 is 1.58. The third kappa shape index (κ3) is 3.31. The summed E-state index contributed by atoms with van der Waals surface area (Å²) >= 11 is 0. The van der Waals surface area contributed by atoms with E-state index in [1.54, 1.807) is 36.9 Å². The van der Waals surface area contributed by atoms with Gasteiger partial charge in [-0.1, -0.05) is 32.0 Å². The van der Waals surface area contributed by atoms with Gasteiger partial charge in [-0.2, -0.15) is 5.10 Å². The lowest BCUT2D eigenvalue weighted by Gasteiger charge is -2.12. The number of aliphatic hydroxyl groups excluding tert-OH is 1. The van der Waals surface area contributed by atoms with E-state index in [1.165, 1.54) is 0 Å². The average molecular weight is 287 g/mol. The molecule has 0 aliphatic carbocycles. The van der Waals surface area contributed by atoms with Crippen molar-refractivity contribution < 1.29 is 9.90 Å². The number of hydrogen-bond donors (Lipinski definition) is 2. The molecule has 112 valence electrons. The largest absolute Gasteiger partial charge is 0.389 e. The maximum absolute atomic E-state index is 12.4. The molecule has 1 heterocycles. The van der Waals surface area contributed by atoms with Crippen molar-refractivity contribution in [2.24, 2.45) is 7.05 Å². The Morgan fingerprint density at radius 2 is 1.95 bits per heavy atom. The lowest BCUT2D eigenvalue weighted by atomic mass is 10.1. The molecule has 0 aliphatic heterocycles. The van der Waals surface area contributed by atoms with Crippen molar-refractivity contribution in [3.8, 4) is 0 Å². The number of aryl methyl sites for hydroxylation is 1. The van der Waals surface area contributed by atoms with Gasteiger partial charge in [0.05, 0.1) is 11.8 Å². The van der Waals surface area contributed by atoms with E-state index >= 15 is 0 Å². The van der Waals surface area contributed by atoms with Crippen LogP contribution in [0, 0.1) is 0 Å². The third-order valence-corrected chi connectivity index (χ3v) is 3.38. The number of rotatable bonds is 4. The fourth-order valence-corrected chi connectivity index (χ4v) is 2.15. The van der Waals surface area contributed by atoms with Gasteiger partial charge in [0.1, 0.15) is 5.69 Å². The molecule has 0 fully saturated rings. The normalized spacial score (nSPS) is 12.5. The summed E-state index contributed by atoms with van der Waals surface area (Å²) in [7, 11) is 1.75. The van der Waals surface area contributed by atoms with Crippen LogP contribution in [0.1, 0.15) is 54.5 Å². The first kappa shape index (κ1) is 15.3. The Kier molecular flexibility index (Phi) is 4.43. The standard InChI is InChI=1S/C16H21N3O2/c1-10(2)14-9-15(19(4)18-14)16(21)17-13-8-6-5-7-12(13)11(3)20/h5-11,20H,1-4H3,(H,17,21). The number of carbonyl (C=O) groups excluding carboxylic acids is 1. The first-order valence-electron chi connectivity index (χ1n) is 7.02. The highest BCUT2D eigenvalue weighted by atomic mass is 16.3. The number of benzene rings is 1. The zero-order chi connectivity index (χ0) is 15.6. The van der Waals surface area contributed by atoms with Gasteiger partial charge in [-0.15, -0.1) is 0 Å². The molecule has 0 spiro atoms. The van der Waals surface area contributed by atoms with Gasteiger partial charge in [0.25, 0.3) is 5.91 Å². The van der Waals surface area contributed by atoms with Gasteiger partial charge in [0, 0.05) is 18.3 Å². The van der Waals surface area contributed by atoms with E-state index < -0.39 is 6.10 Å². The van der Waals surface area contributed by atoms with Crippen molar-refractivity contribution in [1.82, 2.24) is 9.78 Å². The molecular formula is C16H21N3O2. The number of nitrogens with zero attached hydrogens (tertiary/aromatic N) is 2. The van der Waals surface area contributed by atoms with Gasteiger partial charge in [-0.25, -0.2) is 0 Å². The third-order valence-electron chi connectivity index (χ3n) is 3.38. The molecule has 1 unspecified atom stereocenters. The zero-order valence-electron chi connectivity index (χ0n) is 12.8. The van der Waals surface area contributed by atoms with Crippen LogP contribution in [0.5, 0.6) is 0 Å². The van der Waals surface area contributed by atoms with Crippen LogP contribution in [0.15, 0.2) is 30.3 Å². The highest BCUT2D eigenvalue weighted by molar-refractivity contribution is 6.03. The van der Waals surface area contributed by atoms with Crippen LogP contribution in [0.3, 0.4) is 0 Å². The van der Waals surface area contributed by atoms with Crippen molar-refractivity contribution >= 4 is 11.6 Å². The molecule has 1 aromatic carbocycles. The molecule has 0 aliphatic rings. The van der Waals surface area contributed by atoms with E-state index in [2.05, 4.69) is 10.4 Å². The maximum atomic E-state index is 12.4. The predicted octanol–water partition coefficient (Wildman–Crippen LogP) is 2.85. The SMILES string of the molecule is CC(C)c1cc(C(=O)Nc2ccccc2C(C)O)n(C)n1. The van der Waals surface area contributed by atoms with E-state index in [-0.39, 0.29) is 11.8 Å². The van der Waals surface area contributed by atoms with E-state index in [4.69, 9.17) is 0 Å². The smallest absolute Gasteiger partial charge is 0.273 e. The van der Waals surface area contributed by atoms with E-state index in [0.29, 0.717) is 16.9 Å². The van der Waals surface area contributed by atoms with E-state index in [0.717, 1.165) is 5.69 Å². The molecule has 5 heteroatoms. The van der Waals surface area contributed by atoms with Crippen molar-refractivity contribution in [2.75, 3.05) is 5.32 Å². The van der Waals surface area contributed by atoms with Gasteiger partial charge >= 0.3 is 0 Å². The Morgan fingerprint density at radius 3 is 2.52 bits per heavy atom. The molecule has 1 amide bonds. The molecule has 2 N–H and O–H groups in total. The Labute approximate surface area is 124 Å². The number of anilines is 1. The fourth-order valence-electron chi connectivity index (χ4n) is 2.15. The van der Waals surface area contributed by atoms with Crippen LogP contribution in [0.25, 0.3) is 0 Å². The van der Waals surface area contributed by atoms with Gasteiger partial charge < -0.3 is 10.4 Å². The number of aromatic nitrogens is 2. The second kappa shape index (κ2) is 6.10. The summed E-state index contributed by atoms with van der Waals surface area (Å²) in [6.07, 6.45) is -0.640. The van der Waals surface area contributed by atoms with Crippen molar-refractivity contribution in [3.05, 3.63) is 47.3 Å². The van der Waals surface area contributed by atoms with Crippen LogP contribution in [-0.2, 0) is 7.05 Å². The minimum absolute atomic E-state index is 0.231. The second-order valence-electron chi connectivity index (χ2n) is 5.45. The number of amides is 1. The quantitative estimate of drug-likeness (QED) is 0.908. The molecule has 2 rings (SSSR count). The minimum atomic E-state index is -0.640. The minimum Gasteiger partial charge on any atom is -0.389 e. The van der Waals surface area contributed by atoms with E-state index in [9.17, 15) is 9.90 Å². The molecule has 1 atom stereocenters. The van der Waals surface area contributed by atoms with Crippen LogP contribution in [-0.4, -0.2) is 20.8 Å². The van der Waals surface area contributed by atoms with Crippen molar-refractivity contribution in [2.45, 2.75) is 32.8 Å². The van der Waals surface area contributed by atoms with Gasteiger partial charge in [-0.05, 0) is 25.0 Å². The van der Waals surface area contributed by atoms with Crippen molar-refractivity contribution in [3.63, 3.8) is 0 Å².